The highest BCUT2D eigenvalue weighted by Gasteiger charge is 2.40. The summed E-state index contributed by atoms with van der Waals surface area (Å²) in [6.07, 6.45) is 5.13. The summed E-state index contributed by atoms with van der Waals surface area (Å²) in [7, 11) is 0. The summed E-state index contributed by atoms with van der Waals surface area (Å²) in [6, 6.07) is 6.92. The summed E-state index contributed by atoms with van der Waals surface area (Å²) in [6.45, 7) is 12.3. The van der Waals surface area contributed by atoms with Crippen LogP contribution in [0.2, 0.25) is 0 Å². The molecule has 0 aromatic heterocycles. The van der Waals surface area contributed by atoms with Gasteiger partial charge in [-0.3, -0.25) is 0 Å². The first-order valence-electron chi connectivity index (χ1n) is 8.41. The molecule has 1 aliphatic rings. The van der Waals surface area contributed by atoms with E-state index in [9.17, 15) is 0 Å². The van der Waals surface area contributed by atoms with E-state index in [1.54, 1.807) is 0 Å². The molecule has 0 heterocycles. The van der Waals surface area contributed by atoms with Crippen molar-refractivity contribution < 1.29 is 4.74 Å². The number of hydrogen-bond donors (Lipinski definition) is 1. The zero-order chi connectivity index (χ0) is 15.5. The van der Waals surface area contributed by atoms with Crippen LogP contribution < -0.4 is 10.1 Å². The Bertz CT molecular complexity index is 467. The molecule has 0 spiro atoms. The molecule has 21 heavy (non-hydrogen) atoms. The predicted octanol–water partition coefficient (Wildman–Crippen LogP) is 4.63. The lowest BCUT2D eigenvalue weighted by atomic mass is 9.71. The number of hydrogen-bond acceptors (Lipinski definition) is 2. The van der Waals surface area contributed by atoms with E-state index in [4.69, 9.17) is 4.74 Å². The van der Waals surface area contributed by atoms with Crippen LogP contribution in [0.1, 0.15) is 57.6 Å². The summed E-state index contributed by atoms with van der Waals surface area (Å²) in [5, 5.41) is 3.74. The van der Waals surface area contributed by atoms with Gasteiger partial charge < -0.3 is 10.1 Å². The zero-order valence-corrected chi connectivity index (χ0v) is 14.3. The van der Waals surface area contributed by atoms with Crippen LogP contribution in [0.5, 0.6) is 5.75 Å². The molecule has 1 N–H and O–H groups in total. The molecule has 1 aliphatic carbocycles. The lowest BCUT2D eigenvalue weighted by Gasteiger charge is -2.44. The molecule has 118 valence electrons. The lowest BCUT2D eigenvalue weighted by molar-refractivity contribution is 0.0360. The van der Waals surface area contributed by atoms with Gasteiger partial charge in [-0.1, -0.05) is 32.9 Å². The molecule has 2 unspecified atom stereocenters. The summed E-state index contributed by atoms with van der Waals surface area (Å²) >= 11 is 0. The van der Waals surface area contributed by atoms with Gasteiger partial charge in [-0.25, -0.2) is 0 Å². The summed E-state index contributed by atoms with van der Waals surface area (Å²) in [5.74, 6) is 1.06. The summed E-state index contributed by atoms with van der Waals surface area (Å²) in [5.41, 5.74) is 2.80. The molecule has 1 fully saturated rings. The molecule has 0 amide bonds. The standard InChI is InChI=1S/C19H31NO/c1-6-12-20-18-16(8-7-11-19(18,4)5)21-17-13-14(2)9-10-15(17)3/h9-10,13,16,18,20H,6-8,11-12H2,1-5H3. The van der Waals surface area contributed by atoms with Gasteiger partial charge >= 0.3 is 0 Å². The average molecular weight is 289 g/mol. The zero-order valence-electron chi connectivity index (χ0n) is 14.3. The second-order valence-electron chi connectivity index (χ2n) is 7.24. The van der Waals surface area contributed by atoms with E-state index in [0.717, 1.165) is 18.7 Å². The van der Waals surface area contributed by atoms with E-state index in [2.05, 4.69) is 58.1 Å². The first-order chi connectivity index (χ1) is 9.94. The van der Waals surface area contributed by atoms with E-state index < -0.39 is 0 Å². The van der Waals surface area contributed by atoms with Crippen LogP contribution in [0.4, 0.5) is 0 Å². The Hall–Kier alpha value is -1.02. The molecular formula is C19H31NO. The topological polar surface area (TPSA) is 21.3 Å². The number of rotatable bonds is 5. The van der Waals surface area contributed by atoms with Gasteiger partial charge in [-0.05, 0) is 68.7 Å². The van der Waals surface area contributed by atoms with Crippen molar-refractivity contribution in [3.63, 3.8) is 0 Å². The maximum Gasteiger partial charge on any atom is 0.122 e. The SMILES string of the molecule is CCCNC1C(Oc2cc(C)ccc2C)CCCC1(C)C. The molecule has 1 aromatic carbocycles. The number of ether oxygens (including phenoxy) is 1. The minimum absolute atomic E-state index is 0.279. The third-order valence-corrected chi connectivity index (χ3v) is 4.76. The third-order valence-electron chi connectivity index (χ3n) is 4.76. The maximum absolute atomic E-state index is 6.45. The van der Waals surface area contributed by atoms with Crippen LogP contribution in [-0.2, 0) is 0 Å². The average Bonchev–Trinajstić information content (AvgIpc) is 2.41. The van der Waals surface area contributed by atoms with Gasteiger partial charge in [0.2, 0.25) is 0 Å². The quantitative estimate of drug-likeness (QED) is 0.853. The Morgan fingerprint density at radius 3 is 2.76 bits per heavy atom. The molecule has 0 aliphatic heterocycles. The molecule has 1 saturated carbocycles. The second-order valence-corrected chi connectivity index (χ2v) is 7.24. The van der Waals surface area contributed by atoms with Crippen molar-refractivity contribution in [1.29, 1.82) is 0 Å². The van der Waals surface area contributed by atoms with Crippen LogP contribution in [-0.4, -0.2) is 18.7 Å². The smallest absolute Gasteiger partial charge is 0.122 e. The van der Waals surface area contributed by atoms with Crippen LogP contribution in [0.3, 0.4) is 0 Å². The van der Waals surface area contributed by atoms with Gasteiger partial charge in [0, 0.05) is 6.04 Å². The van der Waals surface area contributed by atoms with Crippen LogP contribution >= 0.6 is 0 Å². The minimum atomic E-state index is 0.279. The Morgan fingerprint density at radius 1 is 1.29 bits per heavy atom. The maximum atomic E-state index is 6.45. The number of nitrogens with one attached hydrogen (secondary N) is 1. The molecule has 2 rings (SSSR count). The van der Waals surface area contributed by atoms with Crippen molar-refractivity contribution in [3.8, 4) is 5.75 Å². The van der Waals surface area contributed by atoms with Crippen LogP contribution in [0, 0.1) is 19.3 Å². The van der Waals surface area contributed by atoms with Crippen molar-refractivity contribution in [2.45, 2.75) is 72.4 Å². The Morgan fingerprint density at radius 2 is 2.05 bits per heavy atom. The largest absolute Gasteiger partial charge is 0.489 e. The molecule has 1 aromatic rings. The minimum Gasteiger partial charge on any atom is -0.489 e. The van der Waals surface area contributed by atoms with Gasteiger partial charge in [0.25, 0.3) is 0 Å². The third kappa shape index (κ3) is 4.00. The molecule has 0 radical (unpaired) electrons. The Balaban J connectivity index is 2.17. The van der Waals surface area contributed by atoms with Gasteiger partial charge in [0.05, 0.1) is 0 Å². The van der Waals surface area contributed by atoms with Crippen molar-refractivity contribution >= 4 is 0 Å². The van der Waals surface area contributed by atoms with Gasteiger partial charge in [-0.15, -0.1) is 0 Å². The Kier molecular flexibility index (Phi) is 5.32. The first-order valence-corrected chi connectivity index (χ1v) is 8.41. The van der Waals surface area contributed by atoms with Crippen molar-refractivity contribution in [2.75, 3.05) is 6.54 Å². The van der Waals surface area contributed by atoms with Crippen molar-refractivity contribution in [3.05, 3.63) is 29.3 Å². The van der Waals surface area contributed by atoms with E-state index in [1.165, 1.54) is 30.4 Å². The van der Waals surface area contributed by atoms with Crippen LogP contribution in [0.25, 0.3) is 0 Å². The monoisotopic (exact) mass is 289 g/mol. The number of benzene rings is 1. The van der Waals surface area contributed by atoms with E-state index in [1.807, 2.05) is 0 Å². The van der Waals surface area contributed by atoms with E-state index in [0.29, 0.717) is 11.5 Å². The fraction of sp³-hybridized carbons (Fsp3) is 0.684. The van der Waals surface area contributed by atoms with Gasteiger partial charge in [-0.2, -0.15) is 0 Å². The van der Waals surface area contributed by atoms with Gasteiger partial charge in [0.15, 0.2) is 0 Å². The molecule has 0 bridgehead atoms. The molecule has 2 heteroatoms. The second kappa shape index (κ2) is 6.83. The van der Waals surface area contributed by atoms with Crippen molar-refractivity contribution in [1.82, 2.24) is 5.32 Å². The van der Waals surface area contributed by atoms with Gasteiger partial charge in [0.1, 0.15) is 11.9 Å². The summed E-state index contributed by atoms with van der Waals surface area (Å²) in [4.78, 5) is 0. The Labute approximate surface area is 130 Å². The first kappa shape index (κ1) is 16.4. The number of aryl methyl sites for hydroxylation is 2. The van der Waals surface area contributed by atoms with Crippen molar-refractivity contribution in [2.24, 2.45) is 5.41 Å². The highest BCUT2D eigenvalue weighted by atomic mass is 16.5. The van der Waals surface area contributed by atoms with Crippen LogP contribution in [0.15, 0.2) is 18.2 Å². The lowest BCUT2D eigenvalue weighted by Crippen LogP contribution is -2.54. The molecular weight excluding hydrogens is 258 g/mol. The molecule has 0 saturated heterocycles. The highest BCUT2D eigenvalue weighted by molar-refractivity contribution is 5.36. The fourth-order valence-corrected chi connectivity index (χ4v) is 3.42. The highest BCUT2D eigenvalue weighted by Crippen LogP contribution is 2.38. The normalized spacial score (nSPS) is 24.8. The summed E-state index contributed by atoms with van der Waals surface area (Å²) < 4.78 is 6.45. The molecule has 2 atom stereocenters. The fourth-order valence-electron chi connectivity index (χ4n) is 3.42. The van der Waals surface area contributed by atoms with E-state index >= 15 is 0 Å². The van der Waals surface area contributed by atoms with E-state index in [-0.39, 0.29) is 6.10 Å². The molecule has 2 nitrogen and oxygen atoms in total. The predicted molar refractivity (Wildman–Crippen MR) is 90.0 cm³/mol.